The van der Waals surface area contributed by atoms with E-state index in [0.29, 0.717) is 19.0 Å². The summed E-state index contributed by atoms with van der Waals surface area (Å²) < 4.78 is 34.7. The van der Waals surface area contributed by atoms with Gasteiger partial charge in [0.15, 0.2) is 10.6 Å². The van der Waals surface area contributed by atoms with Crippen molar-refractivity contribution in [3.8, 4) is 0 Å². The van der Waals surface area contributed by atoms with Crippen molar-refractivity contribution < 1.29 is 18.4 Å². The average Bonchev–Trinajstić information content (AvgIpc) is 3.29. The minimum Gasteiger partial charge on any atom is -0.477 e. The van der Waals surface area contributed by atoms with Gasteiger partial charge < -0.3 is 23.8 Å². The lowest BCUT2D eigenvalue weighted by Crippen LogP contribution is -2.51. The van der Waals surface area contributed by atoms with Crippen LogP contribution >= 0.6 is 11.8 Å². The maximum atomic E-state index is 12.7. The zero-order valence-electron chi connectivity index (χ0n) is 21.4. The fourth-order valence-corrected chi connectivity index (χ4v) is 5.46. The van der Waals surface area contributed by atoms with Crippen LogP contribution < -0.4 is 4.72 Å². The molecule has 1 fully saturated rings. The summed E-state index contributed by atoms with van der Waals surface area (Å²) in [5, 5.41) is 0.882. The Bertz CT molecular complexity index is 1090. The van der Waals surface area contributed by atoms with Gasteiger partial charge in [-0.1, -0.05) is 60.7 Å². The highest BCUT2D eigenvalue weighted by molar-refractivity contribution is 8.14. The van der Waals surface area contributed by atoms with Crippen molar-refractivity contribution in [2.24, 2.45) is 4.99 Å². The lowest BCUT2D eigenvalue weighted by Gasteiger charge is -2.39. The molecule has 0 aromatic heterocycles. The highest BCUT2D eigenvalue weighted by Gasteiger charge is 2.49. The lowest BCUT2D eigenvalue weighted by atomic mass is 10.0. The van der Waals surface area contributed by atoms with Crippen molar-refractivity contribution >= 4 is 27.9 Å². The molecule has 4 rings (SSSR count). The van der Waals surface area contributed by atoms with Crippen LogP contribution in [0.2, 0.25) is 0 Å². The van der Waals surface area contributed by atoms with Gasteiger partial charge >= 0.3 is 0 Å². The van der Waals surface area contributed by atoms with Gasteiger partial charge in [-0.05, 0) is 43.7 Å². The Hall–Kier alpha value is -2.33. The maximum Gasteiger partial charge on any atom is 0.176 e. The number of rotatable bonds is 8. The minimum absolute atomic E-state index is 0.248. The second kappa shape index (κ2) is 11.8. The normalized spacial score (nSPS) is 25.6. The zero-order chi connectivity index (χ0) is 25.7. The maximum absolute atomic E-state index is 12.7. The summed E-state index contributed by atoms with van der Waals surface area (Å²) in [6, 6.07) is 19.8. The molecule has 5 atom stereocenters. The van der Waals surface area contributed by atoms with Crippen molar-refractivity contribution in [3.63, 3.8) is 0 Å². The van der Waals surface area contributed by atoms with Crippen molar-refractivity contribution in [3.05, 3.63) is 83.7 Å². The molecule has 0 spiro atoms. The molecule has 9 heteroatoms. The first-order chi connectivity index (χ1) is 17.2. The van der Waals surface area contributed by atoms with E-state index in [1.54, 1.807) is 18.0 Å². The molecular weight excluding hydrogens is 494 g/mol. The second-order valence-electron chi connectivity index (χ2n) is 9.92. The molecule has 1 saturated heterocycles. The molecule has 2 aliphatic rings. The van der Waals surface area contributed by atoms with E-state index >= 15 is 0 Å². The predicted molar refractivity (Wildman–Crippen MR) is 147 cm³/mol. The number of benzene rings is 2. The molecule has 36 heavy (non-hydrogen) atoms. The van der Waals surface area contributed by atoms with Gasteiger partial charge in [-0.2, -0.15) is 0 Å². The van der Waals surface area contributed by atoms with E-state index in [1.165, 1.54) is 0 Å². The first kappa shape index (κ1) is 26.7. The minimum atomic E-state index is -1.31. The molecule has 2 aliphatic heterocycles. The van der Waals surface area contributed by atoms with Gasteiger partial charge in [-0.3, -0.25) is 4.99 Å². The predicted octanol–water partition coefficient (Wildman–Crippen LogP) is 4.44. The number of thioether (sulfide) groups is 1. The highest BCUT2D eigenvalue weighted by atomic mass is 32.2. The van der Waals surface area contributed by atoms with Gasteiger partial charge in [-0.15, -0.1) is 0 Å². The Morgan fingerprint density at radius 3 is 2.17 bits per heavy atom. The number of fused-ring (bicyclic) bond motifs is 1. The molecule has 0 amide bonds. The second-order valence-corrected chi connectivity index (χ2v) is 13.0. The lowest BCUT2D eigenvalue weighted by molar-refractivity contribution is -0.133. The standard InChI is InChI=1S/C27H35N3O4S2/c1-27(2,3)36(31)28-16-21-23(32-17-19-12-8-6-9-13-19)24(33-18-20-14-10-7-11-15-20)22-25(34-21)35-26(29-22)30(4)5/h6-16,22-25,28H,17-18H2,1-5H3/b21-16+. The average molecular weight is 530 g/mol. The fourth-order valence-electron chi connectivity index (χ4n) is 3.77. The molecule has 0 bridgehead atoms. The van der Waals surface area contributed by atoms with Crippen LogP contribution in [0.3, 0.4) is 0 Å². The third-order valence-electron chi connectivity index (χ3n) is 5.73. The number of nitrogens with one attached hydrogen (secondary N) is 1. The molecule has 0 radical (unpaired) electrons. The SMILES string of the molecule is CN(C)C1=NC2C(O/C(=C/NS(=O)C(C)(C)C)C(OCc3ccccc3)C2OCc2ccccc2)S1. The van der Waals surface area contributed by atoms with Crippen LogP contribution in [0.5, 0.6) is 0 Å². The van der Waals surface area contributed by atoms with E-state index in [9.17, 15) is 4.21 Å². The summed E-state index contributed by atoms with van der Waals surface area (Å²) in [5.41, 5.74) is 1.85. The van der Waals surface area contributed by atoms with Gasteiger partial charge in [0, 0.05) is 14.1 Å². The van der Waals surface area contributed by atoms with Crippen molar-refractivity contribution in [2.75, 3.05) is 14.1 Å². The molecule has 7 nitrogen and oxygen atoms in total. The molecule has 2 aromatic carbocycles. The largest absolute Gasteiger partial charge is 0.477 e. The highest BCUT2D eigenvalue weighted by Crippen LogP contribution is 2.41. The van der Waals surface area contributed by atoms with Crippen LogP contribution in [0.4, 0.5) is 0 Å². The van der Waals surface area contributed by atoms with Crippen LogP contribution in [-0.4, -0.2) is 56.8 Å². The number of amidine groups is 1. The van der Waals surface area contributed by atoms with Crippen LogP contribution in [0, 0.1) is 0 Å². The van der Waals surface area contributed by atoms with E-state index in [0.717, 1.165) is 16.3 Å². The molecule has 0 saturated carbocycles. The van der Waals surface area contributed by atoms with Gasteiger partial charge in [0.1, 0.15) is 35.0 Å². The monoisotopic (exact) mass is 529 g/mol. The summed E-state index contributed by atoms with van der Waals surface area (Å²) in [6.45, 7) is 6.57. The molecule has 2 heterocycles. The van der Waals surface area contributed by atoms with Gasteiger partial charge in [0.05, 0.1) is 24.2 Å². The molecule has 5 unspecified atom stereocenters. The van der Waals surface area contributed by atoms with Gasteiger partial charge in [0.2, 0.25) is 0 Å². The Labute approximate surface area is 220 Å². The van der Waals surface area contributed by atoms with Crippen LogP contribution in [0.15, 0.2) is 77.6 Å². The first-order valence-electron chi connectivity index (χ1n) is 12.0. The Balaban J connectivity index is 1.64. The Morgan fingerprint density at radius 1 is 1.03 bits per heavy atom. The van der Waals surface area contributed by atoms with Crippen molar-refractivity contribution in [1.82, 2.24) is 9.62 Å². The van der Waals surface area contributed by atoms with Gasteiger partial charge in [0.25, 0.3) is 0 Å². The number of aliphatic imine (C=N–C) groups is 1. The molecule has 0 aliphatic carbocycles. The molecule has 1 N–H and O–H groups in total. The van der Waals surface area contributed by atoms with Crippen molar-refractivity contribution in [2.45, 2.75) is 62.4 Å². The van der Waals surface area contributed by atoms with E-state index in [2.05, 4.69) is 4.72 Å². The molecule has 2 aromatic rings. The van der Waals surface area contributed by atoms with Crippen molar-refractivity contribution in [1.29, 1.82) is 0 Å². The summed E-state index contributed by atoms with van der Waals surface area (Å²) in [6.07, 6.45) is 0.750. The van der Waals surface area contributed by atoms with Gasteiger partial charge in [-0.25, -0.2) is 4.21 Å². The molecular formula is C27H35N3O4S2. The smallest absolute Gasteiger partial charge is 0.176 e. The fraction of sp³-hybridized carbons (Fsp3) is 0.444. The number of hydrogen-bond donors (Lipinski definition) is 1. The summed E-state index contributed by atoms with van der Waals surface area (Å²) in [5.74, 6) is 0.561. The number of ether oxygens (including phenoxy) is 3. The van der Waals surface area contributed by atoms with E-state index in [4.69, 9.17) is 19.2 Å². The molecule has 194 valence electrons. The Morgan fingerprint density at radius 2 is 1.61 bits per heavy atom. The third kappa shape index (κ3) is 6.70. The zero-order valence-corrected chi connectivity index (χ0v) is 23.1. The summed E-state index contributed by atoms with van der Waals surface area (Å²) in [4.78, 5) is 6.93. The Kier molecular flexibility index (Phi) is 8.77. The summed E-state index contributed by atoms with van der Waals surface area (Å²) >= 11 is 1.56. The number of nitrogens with zero attached hydrogens (tertiary/aromatic N) is 2. The van der Waals surface area contributed by atoms with Crippen LogP contribution in [0.25, 0.3) is 0 Å². The van der Waals surface area contributed by atoms with E-state index < -0.39 is 27.9 Å². The quantitative estimate of drug-likeness (QED) is 0.545. The first-order valence-corrected chi connectivity index (χ1v) is 14.0. The third-order valence-corrected chi connectivity index (χ3v) is 8.47. The van der Waals surface area contributed by atoms with E-state index in [-0.39, 0.29) is 11.5 Å². The van der Waals surface area contributed by atoms with E-state index in [1.807, 2.05) is 100 Å². The van der Waals surface area contributed by atoms with Crippen LogP contribution in [-0.2, 0) is 38.4 Å². The van der Waals surface area contributed by atoms with Crippen LogP contribution in [0.1, 0.15) is 31.9 Å². The topological polar surface area (TPSA) is 72.4 Å². The number of hydrogen-bond acceptors (Lipinski definition) is 7. The summed E-state index contributed by atoms with van der Waals surface area (Å²) in [7, 11) is 2.63.